The number of nitrogens with zero attached hydrogens (tertiary/aromatic N) is 1. The highest BCUT2D eigenvalue weighted by Gasteiger charge is 2.43. The highest BCUT2D eigenvalue weighted by Crippen LogP contribution is 2.60. The number of hydrogen-bond acceptors (Lipinski definition) is 3. The zero-order valence-electron chi connectivity index (χ0n) is 17.4. The minimum Gasteiger partial charge on any atom is -0.385 e. The number of likely N-dealkylation sites (N-methyl/N-ethyl adjacent to an activating group) is 1. The molecule has 1 saturated carbocycles. The summed E-state index contributed by atoms with van der Waals surface area (Å²) in [6, 6.07) is 16.8. The number of anilines is 2. The van der Waals surface area contributed by atoms with Crippen LogP contribution in [0.1, 0.15) is 38.2 Å². The lowest BCUT2D eigenvalue weighted by molar-refractivity contribution is 0.477. The van der Waals surface area contributed by atoms with Crippen molar-refractivity contribution in [3.63, 3.8) is 0 Å². The Morgan fingerprint density at radius 2 is 1.71 bits per heavy atom. The number of rotatable bonds is 10. The summed E-state index contributed by atoms with van der Waals surface area (Å²) in [5, 5.41) is 7.64. The van der Waals surface area contributed by atoms with Crippen molar-refractivity contribution < 1.29 is 4.57 Å². The molecular weight excluding hydrogens is 365 g/mol. The van der Waals surface area contributed by atoms with Crippen molar-refractivity contribution in [2.24, 2.45) is 0 Å². The molecule has 2 aromatic carbocycles. The van der Waals surface area contributed by atoms with Crippen LogP contribution in [-0.2, 0) is 4.57 Å². The van der Waals surface area contributed by atoms with Gasteiger partial charge in [-0.25, -0.2) is 0 Å². The first-order valence-electron chi connectivity index (χ1n) is 10.5. The Kier molecular flexibility index (Phi) is 7.20. The molecule has 0 bridgehead atoms. The van der Waals surface area contributed by atoms with Gasteiger partial charge in [0.05, 0.1) is 0 Å². The van der Waals surface area contributed by atoms with Gasteiger partial charge in [0.1, 0.15) is 0 Å². The quantitative estimate of drug-likeness (QED) is 0.552. The standard InChI is InChI=1S/C23H34N3OP/c1-4-16-25-20-10-14-23(15-11-20)28(27,22-6-5-7-22)26(18-17-24-3)21-12-8-19(2)9-13-21/h8-15,22,24-25H,4-7,16-18H2,1-3H3. The van der Waals surface area contributed by atoms with Crippen molar-refractivity contribution in [3.8, 4) is 0 Å². The highest BCUT2D eigenvalue weighted by atomic mass is 31.2. The van der Waals surface area contributed by atoms with Gasteiger partial charge in [0, 0.05) is 42.0 Å². The maximum absolute atomic E-state index is 14.7. The predicted octanol–water partition coefficient (Wildman–Crippen LogP) is 5.00. The fourth-order valence-electron chi connectivity index (χ4n) is 3.73. The van der Waals surface area contributed by atoms with Crippen LogP contribution in [0.2, 0.25) is 0 Å². The van der Waals surface area contributed by atoms with Crippen LogP contribution in [0.3, 0.4) is 0 Å². The largest absolute Gasteiger partial charge is 0.385 e. The second kappa shape index (κ2) is 9.62. The van der Waals surface area contributed by atoms with Crippen molar-refractivity contribution in [1.82, 2.24) is 5.32 Å². The molecule has 0 heterocycles. The fraction of sp³-hybridized carbons (Fsp3) is 0.478. The number of nitrogens with one attached hydrogen (secondary N) is 2. The Bertz CT molecular complexity index is 784. The Morgan fingerprint density at radius 1 is 1.04 bits per heavy atom. The van der Waals surface area contributed by atoms with Gasteiger partial charge in [-0.1, -0.05) is 31.0 Å². The molecule has 2 N–H and O–H groups in total. The van der Waals surface area contributed by atoms with Crippen molar-refractivity contribution in [3.05, 3.63) is 54.1 Å². The highest BCUT2D eigenvalue weighted by molar-refractivity contribution is 7.73. The van der Waals surface area contributed by atoms with Crippen LogP contribution in [0.25, 0.3) is 0 Å². The SMILES string of the molecule is CCCNc1ccc(P(=O)(C2CCC2)N(CCNC)c2ccc(C)cc2)cc1. The molecule has 0 aliphatic heterocycles. The molecule has 3 rings (SSSR count). The van der Waals surface area contributed by atoms with Crippen LogP contribution < -0.4 is 20.6 Å². The molecule has 1 atom stereocenters. The molecule has 0 spiro atoms. The van der Waals surface area contributed by atoms with Crippen LogP contribution in [0.15, 0.2) is 48.5 Å². The van der Waals surface area contributed by atoms with E-state index in [0.717, 1.165) is 55.6 Å². The molecule has 1 aliphatic carbocycles. The summed E-state index contributed by atoms with van der Waals surface area (Å²) in [6.45, 7) is 6.75. The molecule has 5 heteroatoms. The molecular formula is C23H34N3OP. The van der Waals surface area contributed by atoms with E-state index in [1.807, 2.05) is 7.05 Å². The minimum atomic E-state index is -2.73. The van der Waals surface area contributed by atoms with Crippen LogP contribution in [0.4, 0.5) is 11.4 Å². The third kappa shape index (κ3) is 4.45. The van der Waals surface area contributed by atoms with Gasteiger partial charge < -0.3 is 15.3 Å². The summed E-state index contributed by atoms with van der Waals surface area (Å²) >= 11 is 0. The van der Waals surface area contributed by atoms with Crippen LogP contribution in [0.5, 0.6) is 0 Å². The summed E-state index contributed by atoms with van der Waals surface area (Å²) in [5.74, 6) is 0. The molecule has 4 nitrogen and oxygen atoms in total. The molecule has 0 aromatic heterocycles. The molecule has 1 unspecified atom stereocenters. The first-order chi connectivity index (χ1) is 13.6. The average molecular weight is 400 g/mol. The minimum absolute atomic E-state index is 0.250. The normalized spacial score (nSPS) is 16.2. The second-order valence-corrected chi connectivity index (χ2v) is 10.7. The third-order valence-corrected chi connectivity index (χ3v) is 9.34. The maximum atomic E-state index is 14.7. The second-order valence-electron chi connectivity index (χ2n) is 7.74. The molecule has 1 aliphatic rings. The average Bonchev–Trinajstić information content (AvgIpc) is 2.67. The molecule has 2 aromatic rings. The zero-order valence-corrected chi connectivity index (χ0v) is 18.3. The lowest BCUT2D eigenvalue weighted by Gasteiger charge is -2.42. The molecule has 28 heavy (non-hydrogen) atoms. The summed E-state index contributed by atoms with van der Waals surface area (Å²) in [7, 11) is -0.779. The van der Waals surface area contributed by atoms with Crippen molar-refractivity contribution in [1.29, 1.82) is 0 Å². The van der Waals surface area contributed by atoms with E-state index in [-0.39, 0.29) is 5.66 Å². The Hall–Kier alpha value is -1.77. The first-order valence-corrected chi connectivity index (χ1v) is 12.3. The van der Waals surface area contributed by atoms with Gasteiger partial charge in [-0.2, -0.15) is 0 Å². The molecule has 0 saturated heterocycles. The van der Waals surface area contributed by atoms with Gasteiger partial charge in [0.2, 0.25) is 7.29 Å². The van der Waals surface area contributed by atoms with Gasteiger partial charge in [0.15, 0.2) is 0 Å². The summed E-state index contributed by atoms with van der Waals surface area (Å²) in [4.78, 5) is 0. The number of aryl methyl sites for hydroxylation is 1. The van der Waals surface area contributed by atoms with E-state index in [0.29, 0.717) is 0 Å². The fourth-order valence-corrected chi connectivity index (χ4v) is 7.34. The monoisotopic (exact) mass is 399 g/mol. The van der Waals surface area contributed by atoms with Gasteiger partial charge in [-0.15, -0.1) is 0 Å². The first kappa shape index (κ1) is 21.0. The smallest absolute Gasteiger partial charge is 0.203 e. The zero-order chi connectivity index (χ0) is 20.0. The summed E-state index contributed by atoms with van der Waals surface area (Å²) in [5.41, 5.74) is 3.63. The summed E-state index contributed by atoms with van der Waals surface area (Å²) in [6.07, 6.45) is 4.37. The van der Waals surface area contributed by atoms with Crippen molar-refractivity contribution in [2.75, 3.05) is 36.7 Å². The van der Waals surface area contributed by atoms with Crippen molar-refractivity contribution >= 4 is 24.0 Å². The van der Waals surface area contributed by atoms with E-state index >= 15 is 0 Å². The molecule has 152 valence electrons. The van der Waals surface area contributed by atoms with E-state index in [2.05, 4.69) is 77.7 Å². The van der Waals surface area contributed by atoms with Gasteiger partial charge >= 0.3 is 0 Å². The Labute approximate surface area is 170 Å². The van der Waals surface area contributed by atoms with Crippen LogP contribution in [-0.4, -0.2) is 32.3 Å². The van der Waals surface area contributed by atoms with Crippen LogP contribution >= 0.6 is 7.29 Å². The third-order valence-electron chi connectivity index (χ3n) is 5.65. The van der Waals surface area contributed by atoms with E-state index in [9.17, 15) is 4.57 Å². The van der Waals surface area contributed by atoms with E-state index in [4.69, 9.17) is 0 Å². The molecule has 1 fully saturated rings. The lowest BCUT2D eigenvalue weighted by atomic mass is 10.00. The van der Waals surface area contributed by atoms with Crippen molar-refractivity contribution in [2.45, 2.75) is 45.2 Å². The molecule has 0 amide bonds. The maximum Gasteiger partial charge on any atom is 0.203 e. The van der Waals surface area contributed by atoms with Crippen LogP contribution in [0, 0.1) is 6.92 Å². The predicted molar refractivity (Wildman–Crippen MR) is 123 cm³/mol. The van der Waals surface area contributed by atoms with Gasteiger partial charge in [0.25, 0.3) is 0 Å². The molecule has 0 radical (unpaired) electrons. The van der Waals surface area contributed by atoms with E-state index in [1.54, 1.807) is 0 Å². The lowest BCUT2D eigenvalue weighted by Crippen LogP contribution is -2.38. The topological polar surface area (TPSA) is 44.4 Å². The number of hydrogen-bond donors (Lipinski definition) is 2. The summed E-state index contributed by atoms with van der Waals surface area (Å²) < 4.78 is 16.9. The van der Waals surface area contributed by atoms with Gasteiger partial charge in [-0.3, -0.25) is 4.57 Å². The Morgan fingerprint density at radius 3 is 2.25 bits per heavy atom. The van der Waals surface area contributed by atoms with E-state index < -0.39 is 7.29 Å². The van der Waals surface area contributed by atoms with Gasteiger partial charge in [-0.05, 0) is 69.6 Å². The number of benzene rings is 2. The Balaban J connectivity index is 1.99. The van der Waals surface area contributed by atoms with E-state index in [1.165, 1.54) is 12.0 Å².